The van der Waals surface area contributed by atoms with Gasteiger partial charge in [-0.15, -0.1) is 0 Å². The second kappa shape index (κ2) is 7.15. The molecule has 1 aliphatic rings. The van der Waals surface area contributed by atoms with Crippen LogP contribution in [0, 0.1) is 0 Å². The van der Waals surface area contributed by atoms with Crippen LogP contribution in [0.2, 0.25) is 0 Å². The van der Waals surface area contributed by atoms with Crippen molar-refractivity contribution in [3.63, 3.8) is 0 Å². The SMILES string of the molecule is CNC(=O)CN1c2ccccc2C(=O)N(C)C1c1ccnn1-c1cccnc1. The number of carbonyl (C=O) groups is 2. The minimum Gasteiger partial charge on any atom is -0.358 e. The smallest absolute Gasteiger partial charge is 0.257 e. The van der Waals surface area contributed by atoms with Crippen LogP contribution in [-0.4, -0.2) is 52.1 Å². The molecule has 8 nitrogen and oxygen atoms in total. The summed E-state index contributed by atoms with van der Waals surface area (Å²) < 4.78 is 1.74. The number of hydrogen-bond acceptors (Lipinski definition) is 5. The molecule has 3 aromatic rings. The van der Waals surface area contributed by atoms with Crippen molar-refractivity contribution in [2.75, 3.05) is 25.5 Å². The Balaban J connectivity index is 1.86. The molecule has 1 unspecified atom stereocenters. The van der Waals surface area contributed by atoms with Gasteiger partial charge in [0.25, 0.3) is 5.91 Å². The fourth-order valence-corrected chi connectivity index (χ4v) is 3.51. The van der Waals surface area contributed by atoms with E-state index in [1.165, 1.54) is 0 Å². The van der Waals surface area contributed by atoms with Crippen molar-refractivity contribution in [3.8, 4) is 5.69 Å². The Hall–Kier alpha value is -3.68. The first-order chi connectivity index (χ1) is 13.6. The summed E-state index contributed by atoms with van der Waals surface area (Å²) in [7, 11) is 3.34. The molecule has 2 aromatic heterocycles. The number of benzene rings is 1. The Kier molecular flexibility index (Phi) is 4.52. The van der Waals surface area contributed by atoms with Gasteiger partial charge in [-0.05, 0) is 30.3 Å². The average Bonchev–Trinajstić information content (AvgIpc) is 3.22. The molecule has 0 bridgehead atoms. The molecule has 0 fully saturated rings. The van der Waals surface area contributed by atoms with Gasteiger partial charge >= 0.3 is 0 Å². The van der Waals surface area contributed by atoms with Crippen LogP contribution in [0.4, 0.5) is 5.69 Å². The Morgan fingerprint density at radius 2 is 1.96 bits per heavy atom. The zero-order valence-electron chi connectivity index (χ0n) is 15.6. The molecule has 142 valence electrons. The van der Waals surface area contributed by atoms with Crippen molar-refractivity contribution < 1.29 is 9.59 Å². The molecule has 1 atom stereocenters. The van der Waals surface area contributed by atoms with Gasteiger partial charge in [-0.2, -0.15) is 5.10 Å². The topological polar surface area (TPSA) is 83.4 Å². The molecule has 1 aromatic carbocycles. The standard InChI is InChI=1S/C20H20N6O2/c1-21-18(27)13-25-16-8-4-3-7-15(16)20(28)24(2)19(25)17-9-11-23-26(17)14-6-5-10-22-12-14/h3-12,19H,13H2,1-2H3,(H,21,27). The Morgan fingerprint density at radius 3 is 2.71 bits per heavy atom. The Bertz CT molecular complexity index is 1020. The summed E-state index contributed by atoms with van der Waals surface area (Å²) >= 11 is 0. The van der Waals surface area contributed by atoms with Crippen LogP contribution in [0.3, 0.4) is 0 Å². The second-order valence-corrected chi connectivity index (χ2v) is 6.49. The zero-order chi connectivity index (χ0) is 19.7. The molecule has 1 aliphatic heterocycles. The van der Waals surface area contributed by atoms with Crippen LogP contribution in [0.5, 0.6) is 0 Å². The van der Waals surface area contributed by atoms with E-state index < -0.39 is 6.17 Å². The largest absolute Gasteiger partial charge is 0.358 e. The normalized spacial score (nSPS) is 16.1. The lowest BCUT2D eigenvalue weighted by atomic mass is 10.0. The van der Waals surface area contributed by atoms with Gasteiger partial charge in [-0.25, -0.2) is 4.68 Å². The fourth-order valence-electron chi connectivity index (χ4n) is 3.51. The molecule has 0 spiro atoms. The second-order valence-electron chi connectivity index (χ2n) is 6.49. The van der Waals surface area contributed by atoms with Crippen LogP contribution in [0.25, 0.3) is 5.69 Å². The van der Waals surface area contributed by atoms with Gasteiger partial charge < -0.3 is 15.1 Å². The van der Waals surface area contributed by atoms with Gasteiger partial charge in [0.1, 0.15) is 6.17 Å². The number of likely N-dealkylation sites (N-methyl/N-ethyl adjacent to an activating group) is 1. The quantitative estimate of drug-likeness (QED) is 0.748. The summed E-state index contributed by atoms with van der Waals surface area (Å²) in [6, 6.07) is 12.9. The zero-order valence-corrected chi connectivity index (χ0v) is 15.6. The van der Waals surface area contributed by atoms with E-state index >= 15 is 0 Å². The highest BCUT2D eigenvalue weighted by Crippen LogP contribution is 2.38. The van der Waals surface area contributed by atoms with Crippen LogP contribution in [0.15, 0.2) is 61.1 Å². The molecule has 0 saturated carbocycles. The van der Waals surface area contributed by atoms with Crippen molar-refractivity contribution >= 4 is 17.5 Å². The predicted molar refractivity (Wildman–Crippen MR) is 104 cm³/mol. The van der Waals surface area contributed by atoms with Crippen LogP contribution < -0.4 is 10.2 Å². The van der Waals surface area contributed by atoms with Gasteiger partial charge in [-0.3, -0.25) is 14.6 Å². The van der Waals surface area contributed by atoms with E-state index in [0.29, 0.717) is 5.56 Å². The van der Waals surface area contributed by atoms with Gasteiger partial charge in [-0.1, -0.05) is 12.1 Å². The molecule has 8 heteroatoms. The third kappa shape index (κ3) is 2.88. The van der Waals surface area contributed by atoms with E-state index in [2.05, 4.69) is 15.4 Å². The number of fused-ring (bicyclic) bond motifs is 1. The van der Waals surface area contributed by atoms with Crippen molar-refractivity contribution in [1.29, 1.82) is 0 Å². The van der Waals surface area contributed by atoms with Crippen molar-refractivity contribution in [2.45, 2.75) is 6.17 Å². The number of hydrogen-bond donors (Lipinski definition) is 1. The minimum absolute atomic E-state index is 0.104. The van der Waals surface area contributed by atoms with Gasteiger partial charge in [0.05, 0.1) is 35.4 Å². The summed E-state index contributed by atoms with van der Waals surface area (Å²) in [5.74, 6) is -0.248. The maximum Gasteiger partial charge on any atom is 0.257 e. The van der Waals surface area contributed by atoms with Gasteiger partial charge in [0, 0.05) is 26.5 Å². The molecule has 28 heavy (non-hydrogen) atoms. The Morgan fingerprint density at radius 1 is 1.14 bits per heavy atom. The molecule has 0 radical (unpaired) electrons. The van der Waals surface area contributed by atoms with Crippen molar-refractivity contribution in [1.82, 2.24) is 25.0 Å². The number of nitrogens with one attached hydrogen (secondary N) is 1. The number of nitrogens with zero attached hydrogens (tertiary/aromatic N) is 5. The van der Waals surface area contributed by atoms with Crippen molar-refractivity contribution in [2.24, 2.45) is 0 Å². The van der Waals surface area contributed by atoms with Crippen LogP contribution >= 0.6 is 0 Å². The first kappa shape index (κ1) is 17.7. The molecular formula is C20H20N6O2. The summed E-state index contributed by atoms with van der Waals surface area (Å²) in [4.78, 5) is 33.0. The predicted octanol–water partition coefficient (Wildman–Crippen LogP) is 1.60. The number of para-hydroxylation sites is 1. The van der Waals surface area contributed by atoms with Crippen molar-refractivity contribution in [3.05, 3.63) is 72.3 Å². The fraction of sp³-hybridized carbons (Fsp3) is 0.200. The van der Waals surface area contributed by atoms with Gasteiger partial charge in [0.2, 0.25) is 5.91 Å². The summed E-state index contributed by atoms with van der Waals surface area (Å²) in [5.41, 5.74) is 2.83. The molecule has 1 N–H and O–H groups in total. The first-order valence-electron chi connectivity index (χ1n) is 8.89. The van der Waals surface area contributed by atoms with E-state index in [0.717, 1.165) is 17.1 Å². The van der Waals surface area contributed by atoms with E-state index in [4.69, 9.17) is 0 Å². The molecule has 3 heterocycles. The first-order valence-corrected chi connectivity index (χ1v) is 8.89. The maximum atomic E-state index is 13.0. The van der Waals surface area contributed by atoms with Crippen LogP contribution in [0.1, 0.15) is 22.2 Å². The highest BCUT2D eigenvalue weighted by atomic mass is 16.2. The number of rotatable bonds is 4. The summed E-state index contributed by atoms with van der Waals surface area (Å²) in [5, 5.41) is 7.09. The van der Waals surface area contributed by atoms with E-state index in [9.17, 15) is 9.59 Å². The monoisotopic (exact) mass is 376 g/mol. The van der Waals surface area contributed by atoms with Gasteiger partial charge in [0.15, 0.2) is 0 Å². The number of pyridine rings is 1. The third-order valence-corrected chi connectivity index (χ3v) is 4.85. The lowest BCUT2D eigenvalue weighted by molar-refractivity contribution is -0.119. The lowest BCUT2D eigenvalue weighted by Crippen LogP contribution is -2.51. The lowest BCUT2D eigenvalue weighted by Gasteiger charge is -2.43. The molecule has 0 saturated heterocycles. The number of carbonyl (C=O) groups excluding carboxylic acids is 2. The highest BCUT2D eigenvalue weighted by molar-refractivity contribution is 6.02. The Labute approximate surface area is 162 Å². The average molecular weight is 376 g/mol. The third-order valence-electron chi connectivity index (χ3n) is 4.85. The van der Waals surface area contributed by atoms with E-state index in [1.54, 1.807) is 48.3 Å². The van der Waals surface area contributed by atoms with E-state index in [1.807, 2.05) is 41.3 Å². The summed E-state index contributed by atoms with van der Waals surface area (Å²) in [6.07, 6.45) is 4.58. The highest BCUT2D eigenvalue weighted by Gasteiger charge is 2.38. The molecular weight excluding hydrogens is 356 g/mol. The van der Waals surface area contributed by atoms with E-state index in [-0.39, 0.29) is 18.4 Å². The summed E-state index contributed by atoms with van der Waals surface area (Å²) in [6.45, 7) is 0.105. The molecule has 2 amide bonds. The maximum absolute atomic E-state index is 13.0. The minimum atomic E-state index is -0.498. The number of aromatic nitrogens is 3. The van der Waals surface area contributed by atoms with Crippen LogP contribution in [-0.2, 0) is 4.79 Å². The number of anilines is 1. The molecule has 0 aliphatic carbocycles. The number of amides is 2. The molecule has 4 rings (SSSR count).